The summed E-state index contributed by atoms with van der Waals surface area (Å²) in [6.45, 7) is 4.77. The Bertz CT molecular complexity index is 853. The molecule has 2 amide bonds. The van der Waals surface area contributed by atoms with Crippen molar-refractivity contribution in [3.05, 3.63) is 54.1 Å². The Morgan fingerprint density at radius 3 is 2.30 bits per heavy atom. The van der Waals surface area contributed by atoms with Gasteiger partial charge in [0.15, 0.2) is 5.11 Å². The number of ether oxygens (including phenoxy) is 1. The SMILES string of the molecule is CCCCCOc1ccc(C(=O)NC(=S)Nc2cccc(NC(=O)CCC)c2)cc1. The average molecular weight is 428 g/mol. The molecule has 0 atom stereocenters. The number of benzene rings is 2. The first-order valence-corrected chi connectivity index (χ1v) is 10.7. The molecule has 0 spiro atoms. The van der Waals surface area contributed by atoms with Crippen LogP contribution in [0, 0.1) is 0 Å². The maximum atomic E-state index is 12.4. The van der Waals surface area contributed by atoms with Crippen molar-refractivity contribution in [1.29, 1.82) is 0 Å². The largest absolute Gasteiger partial charge is 0.494 e. The summed E-state index contributed by atoms with van der Waals surface area (Å²) in [7, 11) is 0. The van der Waals surface area contributed by atoms with Crippen LogP contribution in [-0.4, -0.2) is 23.5 Å². The van der Waals surface area contributed by atoms with Gasteiger partial charge in [0.25, 0.3) is 5.91 Å². The predicted octanol–water partition coefficient (Wildman–Crippen LogP) is 5.12. The van der Waals surface area contributed by atoms with Gasteiger partial charge in [-0.3, -0.25) is 14.9 Å². The Morgan fingerprint density at radius 1 is 0.933 bits per heavy atom. The number of anilines is 2. The van der Waals surface area contributed by atoms with E-state index in [0.29, 0.717) is 30.0 Å². The average Bonchev–Trinajstić information content (AvgIpc) is 2.72. The Labute approximate surface area is 183 Å². The molecule has 0 radical (unpaired) electrons. The van der Waals surface area contributed by atoms with Gasteiger partial charge in [-0.15, -0.1) is 0 Å². The fourth-order valence-electron chi connectivity index (χ4n) is 2.71. The zero-order valence-electron chi connectivity index (χ0n) is 17.5. The van der Waals surface area contributed by atoms with Gasteiger partial charge in [-0.1, -0.05) is 32.8 Å². The monoisotopic (exact) mass is 427 g/mol. The van der Waals surface area contributed by atoms with Gasteiger partial charge in [0.2, 0.25) is 5.91 Å². The highest BCUT2D eigenvalue weighted by Gasteiger charge is 2.09. The minimum absolute atomic E-state index is 0.0386. The quantitative estimate of drug-likeness (QED) is 0.362. The summed E-state index contributed by atoms with van der Waals surface area (Å²) in [6, 6.07) is 14.1. The minimum Gasteiger partial charge on any atom is -0.494 e. The fraction of sp³-hybridized carbons (Fsp3) is 0.348. The van der Waals surface area contributed by atoms with Gasteiger partial charge in [0.05, 0.1) is 6.61 Å². The lowest BCUT2D eigenvalue weighted by molar-refractivity contribution is -0.116. The highest BCUT2D eigenvalue weighted by Crippen LogP contribution is 2.16. The van der Waals surface area contributed by atoms with Crippen molar-refractivity contribution in [2.75, 3.05) is 17.2 Å². The Balaban J connectivity index is 1.85. The van der Waals surface area contributed by atoms with Crippen LogP contribution in [-0.2, 0) is 4.79 Å². The van der Waals surface area contributed by atoms with E-state index in [1.165, 1.54) is 0 Å². The van der Waals surface area contributed by atoms with Crippen LogP contribution in [0.3, 0.4) is 0 Å². The first kappa shape index (κ1) is 23.3. The summed E-state index contributed by atoms with van der Waals surface area (Å²) < 4.78 is 5.66. The van der Waals surface area contributed by atoms with Crippen LogP contribution >= 0.6 is 12.2 Å². The van der Waals surface area contributed by atoms with Gasteiger partial charge in [-0.2, -0.15) is 0 Å². The molecule has 0 aliphatic rings. The van der Waals surface area contributed by atoms with Crippen molar-refractivity contribution in [2.24, 2.45) is 0 Å². The molecule has 6 nitrogen and oxygen atoms in total. The zero-order chi connectivity index (χ0) is 21.8. The van der Waals surface area contributed by atoms with E-state index >= 15 is 0 Å². The van der Waals surface area contributed by atoms with E-state index in [1.54, 1.807) is 48.5 Å². The fourth-order valence-corrected chi connectivity index (χ4v) is 2.92. The molecule has 0 saturated heterocycles. The standard InChI is InChI=1S/C23H29N3O3S/c1-3-5-6-15-29-20-13-11-17(12-14-20)22(28)26-23(30)25-19-10-7-9-18(16-19)24-21(27)8-4-2/h7,9-14,16H,3-6,8,15H2,1-2H3,(H,24,27)(H2,25,26,28,30). The van der Waals surface area contributed by atoms with E-state index in [-0.39, 0.29) is 16.9 Å². The third-order valence-corrected chi connectivity index (χ3v) is 4.45. The molecule has 0 unspecified atom stereocenters. The molecule has 0 aliphatic carbocycles. The molecular formula is C23H29N3O3S. The summed E-state index contributed by atoms with van der Waals surface area (Å²) in [5.74, 6) is 0.394. The third-order valence-electron chi connectivity index (χ3n) is 4.24. The molecule has 0 aromatic heterocycles. The maximum absolute atomic E-state index is 12.4. The molecule has 2 aromatic rings. The molecule has 0 bridgehead atoms. The highest BCUT2D eigenvalue weighted by molar-refractivity contribution is 7.80. The number of unbranched alkanes of at least 4 members (excludes halogenated alkanes) is 2. The molecule has 7 heteroatoms. The van der Waals surface area contributed by atoms with E-state index in [9.17, 15) is 9.59 Å². The Kier molecular flexibility index (Phi) is 9.80. The topological polar surface area (TPSA) is 79.5 Å². The van der Waals surface area contributed by atoms with Gasteiger partial charge in [-0.25, -0.2) is 0 Å². The number of thiocarbonyl (C=S) groups is 1. The summed E-state index contributed by atoms with van der Waals surface area (Å²) in [5, 5.41) is 8.63. The van der Waals surface area contributed by atoms with E-state index < -0.39 is 0 Å². The zero-order valence-corrected chi connectivity index (χ0v) is 18.3. The third kappa shape index (κ3) is 8.21. The first-order valence-electron chi connectivity index (χ1n) is 10.3. The molecule has 3 N–H and O–H groups in total. The van der Waals surface area contributed by atoms with Crippen LogP contribution in [0.5, 0.6) is 5.75 Å². The molecule has 0 fully saturated rings. The molecule has 2 aromatic carbocycles. The van der Waals surface area contributed by atoms with Gasteiger partial charge < -0.3 is 15.4 Å². The van der Waals surface area contributed by atoms with Gasteiger partial charge >= 0.3 is 0 Å². The van der Waals surface area contributed by atoms with Crippen molar-refractivity contribution in [1.82, 2.24) is 5.32 Å². The second-order valence-electron chi connectivity index (χ2n) is 6.87. The molecule has 0 heterocycles. The molecule has 2 rings (SSSR count). The second kappa shape index (κ2) is 12.6. The van der Waals surface area contributed by atoms with E-state index in [2.05, 4.69) is 22.9 Å². The lowest BCUT2D eigenvalue weighted by Gasteiger charge is -2.12. The van der Waals surface area contributed by atoms with Gasteiger partial charge in [0, 0.05) is 23.4 Å². The van der Waals surface area contributed by atoms with Crippen molar-refractivity contribution >= 4 is 40.5 Å². The minimum atomic E-state index is -0.308. The van der Waals surface area contributed by atoms with Crippen molar-refractivity contribution in [2.45, 2.75) is 46.0 Å². The Morgan fingerprint density at radius 2 is 1.63 bits per heavy atom. The number of rotatable bonds is 10. The Hall–Kier alpha value is -2.93. The number of hydrogen-bond acceptors (Lipinski definition) is 4. The number of nitrogens with one attached hydrogen (secondary N) is 3. The van der Waals surface area contributed by atoms with Crippen LogP contribution in [0.25, 0.3) is 0 Å². The number of hydrogen-bond donors (Lipinski definition) is 3. The predicted molar refractivity (Wildman–Crippen MR) is 125 cm³/mol. The summed E-state index contributed by atoms with van der Waals surface area (Å²) in [6.07, 6.45) is 4.55. The molecule has 30 heavy (non-hydrogen) atoms. The smallest absolute Gasteiger partial charge is 0.257 e. The maximum Gasteiger partial charge on any atom is 0.257 e. The highest BCUT2D eigenvalue weighted by atomic mass is 32.1. The summed E-state index contributed by atoms with van der Waals surface area (Å²) in [5.41, 5.74) is 1.83. The lowest BCUT2D eigenvalue weighted by Crippen LogP contribution is -2.34. The number of carbonyl (C=O) groups excluding carboxylic acids is 2. The van der Waals surface area contributed by atoms with Gasteiger partial charge in [-0.05, 0) is 67.5 Å². The molecule has 160 valence electrons. The molecule has 0 saturated carbocycles. The molecule has 0 aliphatic heterocycles. The molecular weight excluding hydrogens is 398 g/mol. The van der Waals surface area contributed by atoms with E-state index in [4.69, 9.17) is 17.0 Å². The number of carbonyl (C=O) groups is 2. The van der Waals surface area contributed by atoms with Crippen LogP contribution < -0.4 is 20.7 Å². The summed E-state index contributed by atoms with van der Waals surface area (Å²) >= 11 is 5.24. The van der Waals surface area contributed by atoms with Crippen molar-refractivity contribution in [3.63, 3.8) is 0 Å². The van der Waals surface area contributed by atoms with Crippen LogP contribution in [0.15, 0.2) is 48.5 Å². The lowest BCUT2D eigenvalue weighted by atomic mass is 10.2. The van der Waals surface area contributed by atoms with Crippen LogP contribution in [0.2, 0.25) is 0 Å². The number of amides is 2. The van der Waals surface area contributed by atoms with Crippen LogP contribution in [0.4, 0.5) is 11.4 Å². The summed E-state index contributed by atoms with van der Waals surface area (Å²) in [4.78, 5) is 24.1. The first-order chi connectivity index (χ1) is 14.5. The van der Waals surface area contributed by atoms with Crippen molar-refractivity contribution < 1.29 is 14.3 Å². The van der Waals surface area contributed by atoms with Crippen LogP contribution in [0.1, 0.15) is 56.3 Å². The van der Waals surface area contributed by atoms with E-state index in [1.807, 2.05) is 6.92 Å². The normalized spacial score (nSPS) is 10.2. The van der Waals surface area contributed by atoms with Crippen molar-refractivity contribution in [3.8, 4) is 5.75 Å². The van der Waals surface area contributed by atoms with Gasteiger partial charge in [0.1, 0.15) is 5.75 Å². The van der Waals surface area contributed by atoms with E-state index in [0.717, 1.165) is 31.4 Å². The second-order valence-corrected chi connectivity index (χ2v) is 7.28.